The molecule has 0 bridgehead atoms. The predicted octanol–water partition coefficient (Wildman–Crippen LogP) is 6.19. The molecule has 0 aromatic heterocycles. The maximum Gasteiger partial charge on any atom is 0.426 e. The van der Waals surface area contributed by atoms with Crippen LogP contribution in [0.3, 0.4) is 0 Å². The highest BCUT2D eigenvalue weighted by atomic mass is 19.3. The number of rotatable bonds is 5. The summed E-state index contributed by atoms with van der Waals surface area (Å²) < 4.78 is 105. The average Bonchev–Trinajstić information content (AvgIpc) is 2.68. The minimum Gasteiger partial charge on any atom is -0.494 e. The first kappa shape index (κ1) is 20.5. The molecule has 0 saturated heterocycles. The summed E-state index contributed by atoms with van der Waals surface area (Å²) in [5, 5.41) is 0. The monoisotopic (exact) mass is 416 g/mol. The third-order valence-electron chi connectivity index (χ3n) is 4.00. The highest BCUT2D eigenvalue weighted by Gasteiger charge is 2.35. The van der Waals surface area contributed by atoms with Gasteiger partial charge in [0.1, 0.15) is 5.75 Å². The van der Waals surface area contributed by atoms with Gasteiger partial charge < -0.3 is 9.47 Å². The van der Waals surface area contributed by atoms with Gasteiger partial charge in [0, 0.05) is 17.7 Å². The van der Waals surface area contributed by atoms with E-state index in [2.05, 4.69) is 9.47 Å². The summed E-state index contributed by atoms with van der Waals surface area (Å²) in [7, 11) is 1.16. The van der Waals surface area contributed by atoms with Crippen LogP contribution in [0.2, 0.25) is 0 Å². The minimum absolute atomic E-state index is 0.0856. The quantitative estimate of drug-likeness (QED) is 0.365. The Morgan fingerprint density at radius 1 is 0.724 bits per heavy atom. The van der Waals surface area contributed by atoms with Gasteiger partial charge in [-0.1, -0.05) is 12.1 Å². The highest BCUT2D eigenvalue weighted by Crippen LogP contribution is 2.35. The second kappa shape index (κ2) is 7.65. The summed E-state index contributed by atoms with van der Waals surface area (Å²) in [4.78, 5) is 0. The van der Waals surface area contributed by atoms with Gasteiger partial charge in [0.2, 0.25) is 5.82 Å². The Morgan fingerprint density at radius 3 is 1.86 bits per heavy atom. The smallest absolute Gasteiger partial charge is 0.426 e. The topological polar surface area (TPSA) is 18.5 Å². The molecule has 0 aliphatic carbocycles. The van der Waals surface area contributed by atoms with Crippen LogP contribution < -0.4 is 9.47 Å². The molecular formula is C20H11F7O2. The molecule has 0 aliphatic heterocycles. The van der Waals surface area contributed by atoms with Gasteiger partial charge in [0.15, 0.2) is 29.0 Å². The van der Waals surface area contributed by atoms with Crippen molar-refractivity contribution in [3.63, 3.8) is 0 Å². The van der Waals surface area contributed by atoms with Crippen molar-refractivity contribution < 1.29 is 40.2 Å². The van der Waals surface area contributed by atoms with Crippen molar-refractivity contribution in [3.8, 4) is 22.6 Å². The van der Waals surface area contributed by atoms with Gasteiger partial charge >= 0.3 is 6.11 Å². The summed E-state index contributed by atoms with van der Waals surface area (Å²) in [6.45, 7) is 0. The summed E-state index contributed by atoms with van der Waals surface area (Å²) in [5.74, 6) is -8.91. The number of hydrogen-bond acceptors (Lipinski definition) is 2. The van der Waals surface area contributed by atoms with E-state index in [0.29, 0.717) is 0 Å². The van der Waals surface area contributed by atoms with Crippen molar-refractivity contribution in [3.05, 3.63) is 83.2 Å². The maximum absolute atomic E-state index is 14.3. The Morgan fingerprint density at radius 2 is 1.31 bits per heavy atom. The fourth-order valence-electron chi connectivity index (χ4n) is 2.55. The lowest BCUT2D eigenvalue weighted by Gasteiger charge is -2.19. The molecule has 0 saturated carbocycles. The van der Waals surface area contributed by atoms with Gasteiger partial charge in [-0.05, 0) is 29.8 Å². The molecule has 0 fully saturated rings. The molecular weight excluding hydrogens is 405 g/mol. The van der Waals surface area contributed by atoms with Crippen LogP contribution in [-0.2, 0) is 6.11 Å². The molecule has 0 radical (unpaired) electrons. The molecule has 3 aromatic carbocycles. The average molecular weight is 416 g/mol. The van der Waals surface area contributed by atoms with Crippen LogP contribution in [0.15, 0.2) is 48.5 Å². The number of halogens is 7. The number of ether oxygens (including phenoxy) is 2. The van der Waals surface area contributed by atoms with E-state index in [4.69, 9.17) is 0 Å². The van der Waals surface area contributed by atoms with Crippen LogP contribution in [0.25, 0.3) is 11.1 Å². The molecule has 9 heteroatoms. The van der Waals surface area contributed by atoms with Crippen LogP contribution in [0.5, 0.6) is 11.5 Å². The van der Waals surface area contributed by atoms with Crippen LogP contribution in [-0.4, -0.2) is 7.11 Å². The third kappa shape index (κ3) is 3.98. The molecule has 0 aliphatic rings. The lowest BCUT2D eigenvalue weighted by atomic mass is 10.0. The summed E-state index contributed by atoms with van der Waals surface area (Å²) in [5.41, 5.74) is -0.843. The Balaban J connectivity index is 1.88. The molecule has 0 unspecified atom stereocenters. The second-order valence-corrected chi connectivity index (χ2v) is 5.84. The molecule has 0 atom stereocenters. The summed E-state index contributed by atoms with van der Waals surface area (Å²) >= 11 is 0. The van der Waals surface area contributed by atoms with Gasteiger partial charge in [-0.15, -0.1) is 0 Å². The fraction of sp³-hybridized carbons (Fsp3) is 0.100. The molecule has 0 heterocycles. The Hall–Kier alpha value is -3.23. The summed E-state index contributed by atoms with van der Waals surface area (Å²) in [6.07, 6.45) is -4.04. The summed E-state index contributed by atoms with van der Waals surface area (Å²) in [6, 6.07) is 6.85. The molecule has 0 spiro atoms. The largest absolute Gasteiger partial charge is 0.494 e. The zero-order valence-electron chi connectivity index (χ0n) is 14.6. The number of benzene rings is 3. The molecule has 29 heavy (non-hydrogen) atoms. The van der Waals surface area contributed by atoms with Crippen molar-refractivity contribution in [2.75, 3.05) is 7.11 Å². The van der Waals surface area contributed by atoms with Crippen molar-refractivity contribution in [2.24, 2.45) is 0 Å². The molecule has 152 valence electrons. The van der Waals surface area contributed by atoms with Crippen molar-refractivity contribution in [1.29, 1.82) is 0 Å². The Kier molecular flexibility index (Phi) is 5.41. The SMILES string of the molecule is COc1ccc(-c2ccc(C(F)(F)Oc3cc(F)c(F)c(F)c3)cc2)c(F)c1F. The number of hydrogen-bond donors (Lipinski definition) is 0. The van der Waals surface area contributed by atoms with E-state index in [1.54, 1.807) is 0 Å². The Bertz CT molecular complexity index is 1030. The van der Waals surface area contributed by atoms with E-state index in [-0.39, 0.29) is 29.0 Å². The molecule has 0 amide bonds. The zero-order valence-corrected chi connectivity index (χ0v) is 14.6. The van der Waals surface area contributed by atoms with E-state index in [1.165, 1.54) is 12.1 Å². The highest BCUT2D eigenvalue weighted by molar-refractivity contribution is 5.65. The second-order valence-electron chi connectivity index (χ2n) is 5.84. The molecule has 2 nitrogen and oxygen atoms in total. The first-order valence-electron chi connectivity index (χ1n) is 7.98. The van der Waals surface area contributed by atoms with E-state index < -0.39 is 46.5 Å². The standard InChI is InChI=1S/C20H11F7O2/c1-28-16-7-6-13(17(23)19(16)25)10-2-4-11(5-3-10)20(26,27)29-12-8-14(21)18(24)15(22)9-12/h2-9H,1H3. The van der Waals surface area contributed by atoms with Crippen molar-refractivity contribution >= 4 is 0 Å². The first-order valence-corrected chi connectivity index (χ1v) is 7.98. The predicted molar refractivity (Wildman–Crippen MR) is 89.2 cm³/mol. The number of methoxy groups -OCH3 is 1. The Labute approximate surface area is 160 Å². The lowest BCUT2D eigenvalue weighted by Crippen LogP contribution is -2.22. The molecule has 3 aromatic rings. The van der Waals surface area contributed by atoms with E-state index in [0.717, 1.165) is 31.4 Å². The van der Waals surface area contributed by atoms with E-state index >= 15 is 0 Å². The van der Waals surface area contributed by atoms with E-state index in [9.17, 15) is 30.7 Å². The van der Waals surface area contributed by atoms with Gasteiger partial charge in [0.25, 0.3) is 0 Å². The van der Waals surface area contributed by atoms with Crippen LogP contribution in [0.4, 0.5) is 30.7 Å². The minimum atomic E-state index is -4.04. The van der Waals surface area contributed by atoms with Gasteiger partial charge in [-0.3, -0.25) is 0 Å². The third-order valence-corrected chi connectivity index (χ3v) is 4.00. The van der Waals surface area contributed by atoms with Crippen LogP contribution in [0.1, 0.15) is 5.56 Å². The van der Waals surface area contributed by atoms with E-state index in [1.807, 2.05) is 0 Å². The van der Waals surface area contributed by atoms with Crippen molar-refractivity contribution in [1.82, 2.24) is 0 Å². The lowest BCUT2D eigenvalue weighted by molar-refractivity contribution is -0.185. The van der Waals surface area contributed by atoms with Crippen LogP contribution >= 0.6 is 0 Å². The normalized spacial score (nSPS) is 11.4. The van der Waals surface area contributed by atoms with Gasteiger partial charge in [-0.25, -0.2) is 17.6 Å². The van der Waals surface area contributed by atoms with Gasteiger partial charge in [0.05, 0.1) is 12.7 Å². The fourth-order valence-corrected chi connectivity index (χ4v) is 2.55. The molecule has 0 N–H and O–H groups in total. The van der Waals surface area contributed by atoms with Crippen LogP contribution in [0, 0.1) is 29.1 Å². The number of alkyl halides is 2. The zero-order chi connectivity index (χ0) is 21.3. The maximum atomic E-state index is 14.3. The molecule has 3 rings (SSSR count). The first-order chi connectivity index (χ1) is 13.6. The van der Waals surface area contributed by atoms with Gasteiger partial charge in [-0.2, -0.15) is 13.2 Å². The van der Waals surface area contributed by atoms with Crippen molar-refractivity contribution in [2.45, 2.75) is 6.11 Å².